The average Bonchev–Trinajstić information content (AvgIpc) is 3.50. The summed E-state index contributed by atoms with van der Waals surface area (Å²) in [7, 11) is -4.58. The first-order valence-corrected chi connectivity index (χ1v) is 16.8. The minimum Gasteiger partial charge on any atom is -0.352 e. The number of nitrogens with zero attached hydrogens (tertiary/aromatic N) is 2. The fraction of sp³-hybridized carbons (Fsp3) is 0.355. The third-order valence-corrected chi connectivity index (χ3v) is 10.4. The molecule has 3 aromatic carbocycles. The highest BCUT2D eigenvalue weighted by molar-refractivity contribution is 7.92. The van der Waals surface area contributed by atoms with Gasteiger partial charge in [0.15, 0.2) is 0 Å². The quantitative estimate of drug-likeness (QED) is 0.222. The van der Waals surface area contributed by atoms with E-state index < -0.39 is 56.9 Å². The molecule has 0 aromatic heterocycles. The Bertz CT molecular complexity index is 1640. The van der Waals surface area contributed by atoms with Crippen LogP contribution in [0.3, 0.4) is 0 Å². The number of amides is 2. The van der Waals surface area contributed by atoms with Gasteiger partial charge >= 0.3 is 6.18 Å². The van der Waals surface area contributed by atoms with Gasteiger partial charge in [0.1, 0.15) is 12.6 Å². The number of carbonyl (C=O) groups is 2. The van der Waals surface area contributed by atoms with Gasteiger partial charge in [0.05, 0.1) is 31.2 Å². The van der Waals surface area contributed by atoms with Crippen LogP contribution >= 0.6 is 34.8 Å². The lowest BCUT2D eigenvalue weighted by Crippen LogP contribution is -2.53. The summed E-state index contributed by atoms with van der Waals surface area (Å²) in [6.07, 6.45) is -1.21. The van der Waals surface area contributed by atoms with Crippen LogP contribution in [-0.2, 0) is 32.3 Å². The Morgan fingerprint density at radius 2 is 1.58 bits per heavy atom. The number of sulfonamides is 1. The molecule has 0 saturated heterocycles. The molecule has 2 amide bonds. The molecule has 1 atom stereocenters. The lowest BCUT2D eigenvalue weighted by molar-refractivity contribution is -0.140. The molecule has 3 aromatic rings. The molecule has 0 heterocycles. The fourth-order valence-electron chi connectivity index (χ4n) is 5.26. The number of halogens is 6. The van der Waals surface area contributed by atoms with Crippen molar-refractivity contribution in [3.8, 4) is 0 Å². The summed E-state index contributed by atoms with van der Waals surface area (Å²) in [6, 6.07) is 13.2. The van der Waals surface area contributed by atoms with E-state index in [4.69, 9.17) is 34.8 Å². The van der Waals surface area contributed by atoms with E-state index in [1.807, 2.05) is 0 Å². The number of hydrogen-bond donors (Lipinski definition) is 1. The van der Waals surface area contributed by atoms with Crippen LogP contribution in [0.2, 0.25) is 15.1 Å². The van der Waals surface area contributed by atoms with E-state index in [1.165, 1.54) is 41.3 Å². The van der Waals surface area contributed by atoms with Gasteiger partial charge in [0.25, 0.3) is 10.0 Å². The van der Waals surface area contributed by atoms with E-state index in [1.54, 1.807) is 19.1 Å². The molecular weight excluding hydrogens is 674 g/mol. The summed E-state index contributed by atoms with van der Waals surface area (Å²) in [5, 5.41) is 2.84. The van der Waals surface area contributed by atoms with Gasteiger partial charge in [-0.25, -0.2) is 8.42 Å². The standard InChI is InChI=1S/C31H31Cl3F3N3O4S/c1-2-28(30(42)38-21-8-6-7-9-21)39(18-20-12-14-26(33)27(34)16-20)29(41)19-40(45(43,44)23-10-4-3-5-11-23)22-13-15-25(32)24(17-22)31(35,36)37/h3-5,10-17,21,28H,2,6-9,18-19H2,1H3,(H,38,42)/t28-/m0/s1. The first-order valence-electron chi connectivity index (χ1n) is 14.2. The molecule has 45 heavy (non-hydrogen) atoms. The van der Waals surface area contributed by atoms with Gasteiger partial charge in [0.2, 0.25) is 11.8 Å². The first-order chi connectivity index (χ1) is 21.2. The molecule has 1 fully saturated rings. The van der Waals surface area contributed by atoms with E-state index in [0.29, 0.717) is 15.9 Å². The van der Waals surface area contributed by atoms with Crippen LogP contribution < -0.4 is 9.62 Å². The molecule has 7 nitrogen and oxygen atoms in total. The highest BCUT2D eigenvalue weighted by atomic mass is 35.5. The number of carbonyl (C=O) groups excluding carboxylic acids is 2. The molecule has 0 bridgehead atoms. The van der Waals surface area contributed by atoms with E-state index in [0.717, 1.165) is 37.8 Å². The van der Waals surface area contributed by atoms with Crippen molar-refractivity contribution in [2.75, 3.05) is 10.8 Å². The van der Waals surface area contributed by atoms with Crippen LogP contribution in [0.5, 0.6) is 0 Å². The lowest BCUT2D eigenvalue weighted by atomic mass is 10.1. The predicted molar refractivity (Wildman–Crippen MR) is 169 cm³/mol. The monoisotopic (exact) mass is 703 g/mol. The van der Waals surface area contributed by atoms with E-state index >= 15 is 0 Å². The van der Waals surface area contributed by atoms with Gasteiger partial charge in [-0.1, -0.05) is 78.8 Å². The number of anilines is 1. The van der Waals surface area contributed by atoms with E-state index in [9.17, 15) is 31.2 Å². The van der Waals surface area contributed by atoms with Gasteiger partial charge in [-0.15, -0.1) is 0 Å². The van der Waals surface area contributed by atoms with Crippen molar-refractivity contribution in [3.63, 3.8) is 0 Å². The largest absolute Gasteiger partial charge is 0.417 e. The van der Waals surface area contributed by atoms with Crippen molar-refractivity contribution in [2.45, 2.75) is 68.7 Å². The predicted octanol–water partition coefficient (Wildman–Crippen LogP) is 7.73. The van der Waals surface area contributed by atoms with Crippen molar-refractivity contribution in [1.29, 1.82) is 0 Å². The first kappa shape index (κ1) is 34.9. The topological polar surface area (TPSA) is 86.8 Å². The fourth-order valence-corrected chi connectivity index (χ4v) is 7.23. The maximum absolute atomic E-state index is 14.2. The Balaban J connectivity index is 1.78. The molecular formula is C31H31Cl3F3N3O4S. The summed E-state index contributed by atoms with van der Waals surface area (Å²) < 4.78 is 69.9. The Morgan fingerprint density at radius 3 is 2.18 bits per heavy atom. The molecule has 0 unspecified atom stereocenters. The van der Waals surface area contributed by atoms with Crippen LogP contribution in [0.25, 0.3) is 0 Å². The van der Waals surface area contributed by atoms with Crippen molar-refractivity contribution in [1.82, 2.24) is 10.2 Å². The number of benzene rings is 3. The third-order valence-electron chi connectivity index (χ3n) is 7.58. The van der Waals surface area contributed by atoms with Crippen LogP contribution in [-0.4, -0.2) is 43.8 Å². The SMILES string of the molecule is CC[C@@H](C(=O)NC1CCCC1)N(Cc1ccc(Cl)c(Cl)c1)C(=O)CN(c1ccc(Cl)c(C(F)(F)F)c1)S(=O)(=O)c1ccccc1. The molecule has 1 aliphatic rings. The van der Waals surface area contributed by atoms with Crippen molar-refractivity contribution in [2.24, 2.45) is 0 Å². The summed E-state index contributed by atoms with van der Waals surface area (Å²) in [4.78, 5) is 28.7. The van der Waals surface area contributed by atoms with Gasteiger partial charge in [-0.2, -0.15) is 13.2 Å². The minimum absolute atomic E-state index is 0.0571. The number of nitrogens with one attached hydrogen (secondary N) is 1. The number of rotatable bonds is 11. The van der Waals surface area contributed by atoms with E-state index in [2.05, 4.69) is 5.32 Å². The minimum atomic E-state index is -4.90. The summed E-state index contributed by atoms with van der Waals surface area (Å²) in [5.41, 5.74) is -1.19. The second kappa shape index (κ2) is 14.6. The molecule has 0 radical (unpaired) electrons. The van der Waals surface area contributed by atoms with Crippen LogP contribution in [0.4, 0.5) is 18.9 Å². The zero-order chi connectivity index (χ0) is 32.9. The van der Waals surface area contributed by atoms with Crippen molar-refractivity contribution < 1.29 is 31.2 Å². The highest BCUT2D eigenvalue weighted by Crippen LogP contribution is 2.38. The second-order valence-electron chi connectivity index (χ2n) is 10.7. The molecule has 1 aliphatic carbocycles. The Morgan fingerprint density at radius 1 is 0.933 bits per heavy atom. The molecule has 1 N–H and O–H groups in total. The highest BCUT2D eigenvalue weighted by Gasteiger charge is 2.37. The zero-order valence-electron chi connectivity index (χ0n) is 24.2. The normalized spacial score (nSPS) is 14.6. The molecule has 0 aliphatic heterocycles. The summed E-state index contributed by atoms with van der Waals surface area (Å²) in [5.74, 6) is -1.24. The number of alkyl halides is 3. The summed E-state index contributed by atoms with van der Waals surface area (Å²) >= 11 is 18.1. The van der Waals surface area contributed by atoms with Gasteiger partial charge < -0.3 is 10.2 Å². The smallest absolute Gasteiger partial charge is 0.352 e. The van der Waals surface area contributed by atoms with Crippen LogP contribution in [0.1, 0.15) is 50.2 Å². The molecule has 1 saturated carbocycles. The maximum atomic E-state index is 14.2. The van der Waals surface area contributed by atoms with Crippen molar-refractivity contribution in [3.05, 3.63) is 92.9 Å². The molecule has 14 heteroatoms. The number of hydrogen-bond acceptors (Lipinski definition) is 4. The molecule has 0 spiro atoms. The Hall–Kier alpha value is -2.99. The van der Waals surface area contributed by atoms with Crippen LogP contribution in [0.15, 0.2) is 71.6 Å². The van der Waals surface area contributed by atoms with Gasteiger partial charge in [-0.3, -0.25) is 13.9 Å². The van der Waals surface area contributed by atoms with Gasteiger partial charge in [0, 0.05) is 12.6 Å². The maximum Gasteiger partial charge on any atom is 0.417 e. The second-order valence-corrected chi connectivity index (χ2v) is 13.8. The third kappa shape index (κ3) is 8.44. The Labute approximate surface area is 275 Å². The van der Waals surface area contributed by atoms with Crippen molar-refractivity contribution >= 4 is 62.3 Å². The van der Waals surface area contributed by atoms with E-state index in [-0.39, 0.29) is 33.9 Å². The molecule has 242 valence electrons. The summed E-state index contributed by atoms with van der Waals surface area (Å²) in [6.45, 7) is 0.645. The van der Waals surface area contributed by atoms with Crippen LogP contribution in [0, 0.1) is 0 Å². The molecule has 4 rings (SSSR count). The zero-order valence-corrected chi connectivity index (χ0v) is 27.2. The van der Waals surface area contributed by atoms with Gasteiger partial charge in [-0.05, 0) is 67.3 Å². The Kier molecular flexibility index (Phi) is 11.3. The average molecular weight is 705 g/mol. The lowest BCUT2D eigenvalue weighted by Gasteiger charge is -2.34.